The summed E-state index contributed by atoms with van der Waals surface area (Å²) in [7, 11) is 2.12. The average molecular weight is 285 g/mol. The molecule has 1 aromatic carbocycles. The Bertz CT molecular complexity index is 308. The first-order chi connectivity index (χ1) is 7.49. The van der Waals surface area contributed by atoms with Gasteiger partial charge in [0.2, 0.25) is 0 Å². The highest BCUT2D eigenvalue weighted by Gasteiger charge is 2.10. The molecule has 1 aromatic rings. The fourth-order valence-electron chi connectivity index (χ4n) is 1.54. The summed E-state index contributed by atoms with van der Waals surface area (Å²) in [6.45, 7) is 6.22. The van der Waals surface area contributed by atoms with Gasteiger partial charge in [0.1, 0.15) is 0 Å². The van der Waals surface area contributed by atoms with Crippen molar-refractivity contribution in [3.8, 4) is 0 Å². The van der Waals surface area contributed by atoms with Gasteiger partial charge in [-0.05, 0) is 30.7 Å². The Morgan fingerprint density at radius 3 is 2.31 bits per heavy atom. The van der Waals surface area contributed by atoms with E-state index >= 15 is 0 Å². The molecule has 16 heavy (non-hydrogen) atoms. The summed E-state index contributed by atoms with van der Waals surface area (Å²) < 4.78 is 1.12. The molecule has 3 heteroatoms. The molecular formula is C13H21BrN2. The molecule has 1 atom stereocenters. The van der Waals surface area contributed by atoms with Crippen molar-refractivity contribution in [1.82, 2.24) is 4.90 Å². The van der Waals surface area contributed by atoms with Crippen LogP contribution in [-0.4, -0.2) is 24.5 Å². The molecule has 0 amide bonds. The second-order valence-corrected chi connectivity index (χ2v) is 5.65. The zero-order chi connectivity index (χ0) is 12.1. The lowest BCUT2D eigenvalue weighted by Crippen LogP contribution is -2.38. The van der Waals surface area contributed by atoms with E-state index in [1.807, 2.05) is 0 Å². The van der Waals surface area contributed by atoms with Gasteiger partial charge in [0, 0.05) is 23.6 Å². The van der Waals surface area contributed by atoms with Crippen LogP contribution in [0.2, 0.25) is 0 Å². The van der Waals surface area contributed by atoms with Crippen LogP contribution in [0.3, 0.4) is 0 Å². The van der Waals surface area contributed by atoms with E-state index in [0.717, 1.165) is 17.6 Å². The third kappa shape index (κ3) is 4.64. The lowest BCUT2D eigenvalue weighted by atomic mass is 10.1. The smallest absolute Gasteiger partial charge is 0.0231 e. The molecule has 1 unspecified atom stereocenters. The molecule has 0 bridgehead atoms. The Hall–Kier alpha value is -0.380. The number of nitrogens with zero attached hydrogens (tertiary/aromatic N) is 1. The Morgan fingerprint density at radius 1 is 1.25 bits per heavy atom. The molecule has 0 spiro atoms. The van der Waals surface area contributed by atoms with Crippen molar-refractivity contribution in [2.24, 2.45) is 11.7 Å². The molecule has 0 saturated carbocycles. The Kier molecular flexibility index (Phi) is 5.46. The SMILES string of the molecule is CC(C)C(N)CN(C)Cc1ccc(Br)cc1. The predicted octanol–water partition coefficient (Wildman–Crippen LogP) is 2.86. The van der Waals surface area contributed by atoms with Crippen molar-refractivity contribution < 1.29 is 0 Å². The molecule has 0 fully saturated rings. The zero-order valence-electron chi connectivity index (χ0n) is 10.3. The van der Waals surface area contributed by atoms with Crippen LogP contribution < -0.4 is 5.73 Å². The summed E-state index contributed by atoms with van der Waals surface area (Å²) in [6, 6.07) is 8.68. The second-order valence-electron chi connectivity index (χ2n) is 4.73. The van der Waals surface area contributed by atoms with Crippen molar-refractivity contribution in [3.63, 3.8) is 0 Å². The maximum atomic E-state index is 6.05. The molecule has 0 aromatic heterocycles. The van der Waals surface area contributed by atoms with Crippen LogP contribution in [0.1, 0.15) is 19.4 Å². The highest BCUT2D eigenvalue weighted by atomic mass is 79.9. The largest absolute Gasteiger partial charge is 0.326 e. The van der Waals surface area contributed by atoms with Gasteiger partial charge in [0.05, 0.1) is 0 Å². The van der Waals surface area contributed by atoms with Gasteiger partial charge < -0.3 is 10.6 Å². The van der Waals surface area contributed by atoms with E-state index in [2.05, 4.69) is 66.0 Å². The molecule has 0 heterocycles. The fraction of sp³-hybridized carbons (Fsp3) is 0.538. The summed E-state index contributed by atoms with van der Waals surface area (Å²) in [5, 5.41) is 0. The minimum absolute atomic E-state index is 0.250. The number of likely N-dealkylation sites (N-methyl/N-ethyl adjacent to an activating group) is 1. The van der Waals surface area contributed by atoms with Crippen LogP contribution in [-0.2, 0) is 6.54 Å². The van der Waals surface area contributed by atoms with Crippen LogP contribution in [0.4, 0.5) is 0 Å². The molecule has 90 valence electrons. The van der Waals surface area contributed by atoms with Crippen molar-refractivity contribution >= 4 is 15.9 Å². The second kappa shape index (κ2) is 6.38. The van der Waals surface area contributed by atoms with Crippen molar-refractivity contribution in [2.45, 2.75) is 26.4 Å². The molecule has 0 radical (unpaired) electrons. The maximum Gasteiger partial charge on any atom is 0.0231 e. The average Bonchev–Trinajstić information content (AvgIpc) is 2.21. The van der Waals surface area contributed by atoms with E-state index in [-0.39, 0.29) is 6.04 Å². The third-order valence-corrected chi connectivity index (χ3v) is 3.27. The number of hydrogen-bond acceptors (Lipinski definition) is 2. The van der Waals surface area contributed by atoms with Crippen LogP contribution in [0.5, 0.6) is 0 Å². The molecular weight excluding hydrogens is 264 g/mol. The molecule has 1 rings (SSSR count). The lowest BCUT2D eigenvalue weighted by Gasteiger charge is -2.23. The number of benzene rings is 1. The van der Waals surface area contributed by atoms with E-state index in [4.69, 9.17) is 5.73 Å². The number of hydrogen-bond donors (Lipinski definition) is 1. The van der Waals surface area contributed by atoms with Crippen molar-refractivity contribution in [3.05, 3.63) is 34.3 Å². The van der Waals surface area contributed by atoms with Crippen molar-refractivity contribution in [1.29, 1.82) is 0 Å². The van der Waals surface area contributed by atoms with Gasteiger partial charge in [-0.25, -0.2) is 0 Å². The maximum absolute atomic E-state index is 6.05. The Balaban J connectivity index is 2.45. The van der Waals surface area contributed by atoms with Gasteiger partial charge >= 0.3 is 0 Å². The lowest BCUT2D eigenvalue weighted by molar-refractivity contribution is 0.277. The molecule has 2 nitrogen and oxygen atoms in total. The molecule has 2 N–H and O–H groups in total. The van der Waals surface area contributed by atoms with Gasteiger partial charge in [0.25, 0.3) is 0 Å². The summed E-state index contributed by atoms with van der Waals surface area (Å²) in [4.78, 5) is 2.27. The van der Waals surface area contributed by atoms with Crippen LogP contribution in [0, 0.1) is 5.92 Å². The van der Waals surface area contributed by atoms with Gasteiger partial charge in [-0.3, -0.25) is 0 Å². The van der Waals surface area contributed by atoms with E-state index in [1.165, 1.54) is 5.56 Å². The zero-order valence-corrected chi connectivity index (χ0v) is 11.9. The first kappa shape index (κ1) is 13.7. The van der Waals surface area contributed by atoms with Gasteiger partial charge in [-0.2, -0.15) is 0 Å². The number of halogens is 1. The summed E-state index contributed by atoms with van der Waals surface area (Å²) in [6.07, 6.45) is 0. The Labute approximate surface area is 107 Å². The van der Waals surface area contributed by atoms with Gasteiger partial charge in [0.15, 0.2) is 0 Å². The highest BCUT2D eigenvalue weighted by Crippen LogP contribution is 2.12. The monoisotopic (exact) mass is 284 g/mol. The van der Waals surface area contributed by atoms with Crippen LogP contribution >= 0.6 is 15.9 Å². The first-order valence-corrected chi connectivity index (χ1v) is 6.47. The molecule has 0 aliphatic heterocycles. The number of nitrogens with two attached hydrogens (primary N) is 1. The van der Waals surface area contributed by atoms with Crippen molar-refractivity contribution in [2.75, 3.05) is 13.6 Å². The summed E-state index contributed by atoms with van der Waals surface area (Å²) in [5.41, 5.74) is 7.37. The number of rotatable bonds is 5. The highest BCUT2D eigenvalue weighted by molar-refractivity contribution is 9.10. The minimum atomic E-state index is 0.250. The molecule has 0 saturated heterocycles. The van der Waals surface area contributed by atoms with Gasteiger partial charge in [-0.15, -0.1) is 0 Å². The first-order valence-electron chi connectivity index (χ1n) is 5.67. The third-order valence-electron chi connectivity index (χ3n) is 2.74. The van der Waals surface area contributed by atoms with E-state index in [1.54, 1.807) is 0 Å². The quantitative estimate of drug-likeness (QED) is 0.901. The fourth-order valence-corrected chi connectivity index (χ4v) is 1.80. The molecule has 0 aliphatic rings. The summed E-state index contributed by atoms with van der Waals surface area (Å²) >= 11 is 3.44. The predicted molar refractivity (Wildman–Crippen MR) is 73.3 cm³/mol. The van der Waals surface area contributed by atoms with E-state index < -0.39 is 0 Å². The topological polar surface area (TPSA) is 29.3 Å². The summed E-state index contributed by atoms with van der Waals surface area (Å²) in [5.74, 6) is 0.535. The Morgan fingerprint density at radius 2 is 1.81 bits per heavy atom. The minimum Gasteiger partial charge on any atom is -0.326 e. The van der Waals surface area contributed by atoms with E-state index in [9.17, 15) is 0 Å². The standard InChI is InChI=1S/C13H21BrN2/c1-10(2)13(15)9-16(3)8-11-4-6-12(14)7-5-11/h4-7,10,13H,8-9,15H2,1-3H3. The van der Waals surface area contributed by atoms with Gasteiger partial charge in [-0.1, -0.05) is 41.9 Å². The molecule has 0 aliphatic carbocycles. The normalized spacial score (nSPS) is 13.4. The van der Waals surface area contributed by atoms with Crippen LogP contribution in [0.15, 0.2) is 28.7 Å². The van der Waals surface area contributed by atoms with E-state index in [0.29, 0.717) is 5.92 Å². The van der Waals surface area contributed by atoms with Crippen LogP contribution in [0.25, 0.3) is 0 Å².